The highest BCUT2D eigenvalue weighted by molar-refractivity contribution is 7.81. The van der Waals surface area contributed by atoms with Gasteiger partial charge in [0.1, 0.15) is 11.1 Å². The first-order valence-corrected chi connectivity index (χ1v) is 12.3. The van der Waals surface area contributed by atoms with Crippen molar-refractivity contribution in [2.24, 2.45) is 0 Å². The first-order valence-electron chi connectivity index (χ1n) is 7.21. The Bertz CT molecular complexity index is 463. The molecule has 0 aromatic heterocycles. The fourth-order valence-electron chi connectivity index (χ4n) is 2.18. The van der Waals surface area contributed by atoms with Gasteiger partial charge in [-0.3, -0.25) is 0 Å². The predicted molar refractivity (Wildman–Crippen MR) is 94.1 cm³/mol. The first kappa shape index (κ1) is 19.4. The summed E-state index contributed by atoms with van der Waals surface area (Å²) in [7, 11) is 1.03. The fraction of sp³-hybridized carbons (Fsp3) is 0.600. The van der Waals surface area contributed by atoms with Gasteiger partial charge >= 0.3 is 8.80 Å². The van der Waals surface area contributed by atoms with E-state index in [4.69, 9.17) is 18.0 Å². The van der Waals surface area contributed by atoms with Crippen molar-refractivity contribution in [3.05, 3.63) is 18.2 Å². The van der Waals surface area contributed by atoms with Gasteiger partial charge in [-0.1, -0.05) is 0 Å². The molecule has 1 N–H and O–H groups in total. The zero-order valence-electron chi connectivity index (χ0n) is 14.4. The van der Waals surface area contributed by atoms with E-state index in [-0.39, 0.29) is 5.75 Å². The monoisotopic (exact) mass is 347 g/mol. The minimum atomic E-state index is -2.53. The molecule has 22 heavy (non-hydrogen) atoms. The van der Waals surface area contributed by atoms with Crippen LogP contribution in [0.3, 0.4) is 0 Å². The van der Waals surface area contributed by atoms with Crippen molar-refractivity contribution < 1.29 is 23.1 Å². The molecule has 5 nitrogen and oxygen atoms in total. The predicted octanol–water partition coefficient (Wildman–Crippen LogP) is 2.57. The summed E-state index contributed by atoms with van der Waals surface area (Å²) in [5.41, 5.74) is 0. The molecule has 0 saturated carbocycles. The van der Waals surface area contributed by atoms with E-state index in [0.29, 0.717) is 12.7 Å². The van der Waals surface area contributed by atoms with Crippen LogP contribution < -0.4 is 10.0 Å². The van der Waals surface area contributed by atoms with Crippen molar-refractivity contribution in [2.75, 3.05) is 47.9 Å². The van der Waals surface area contributed by atoms with Crippen molar-refractivity contribution in [1.82, 2.24) is 0 Å². The smallest absolute Gasteiger partial charge is 0.500 e. The minimum absolute atomic E-state index is 0.279. The van der Waals surface area contributed by atoms with E-state index in [1.165, 1.54) is 0 Å². The van der Waals surface area contributed by atoms with Crippen molar-refractivity contribution in [2.45, 2.75) is 12.5 Å². The SMILES string of the molecule is CO[Si](CCCOc1ccc(O)cc1[P+](C)(C)C)(OC)OC. The number of rotatable bonds is 9. The maximum Gasteiger partial charge on any atom is 0.500 e. The quantitative estimate of drug-likeness (QED) is 0.423. The zero-order chi connectivity index (χ0) is 16.8. The summed E-state index contributed by atoms with van der Waals surface area (Å²) in [4.78, 5) is 0. The van der Waals surface area contributed by atoms with Gasteiger partial charge in [-0.05, 0) is 18.6 Å². The molecule has 1 rings (SSSR count). The van der Waals surface area contributed by atoms with Gasteiger partial charge in [-0.2, -0.15) is 0 Å². The number of ether oxygens (including phenoxy) is 1. The van der Waals surface area contributed by atoms with Gasteiger partial charge in [-0.15, -0.1) is 0 Å². The standard InChI is InChI=1S/C15H27O5PSi/c1-17-22(18-2,19-3)11-7-10-20-14-9-8-13(16)12-15(14)21(4,5)6/h8-9,12H,7,10-11H2,1-6H3/p+1. The molecule has 0 amide bonds. The second-order valence-corrected chi connectivity index (χ2v) is 13.5. The molecule has 1 aromatic rings. The molecule has 0 atom stereocenters. The van der Waals surface area contributed by atoms with Crippen LogP contribution in [-0.2, 0) is 13.3 Å². The van der Waals surface area contributed by atoms with Crippen LogP contribution in [0.2, 0.25) is 6.04 Å². The number of benzene rings is 1. The van der Waals surface area contributed by atoms with Gasteiger partial charge in [0.15, 0.2) is 5.75 Å². The van der Waals surface area contributed by atoms with Crippen LogP contribution in [0.1, 0.15) is 6.42 Å². The number of hydrogen-bond acceptors (Lipinski definition) is 5. The number of phenols is 1. The van der Waals surface area contributed by atoms with Crippen LogP contribution in [0.4, 0.5) is 0 Å². The molecule has 0 aliphatic heterocycles. The molecular weight excluding hydrogens is 319 g/mol. The van der Waals surface area contributed by atoms with Gasteiger partial charge in [0.2, 0.25) is 0 Å². The Balaban J connectivity index is 2.66. The molecule has 0 radical (unpaired) electrons. The van der Waals surface area contributed by atoms with Crippen molar-refractivity contribution >= 4 is 21.4 Å². The lowest BCUT2D eigenvalue weighted by molar-refractivity contribution is 0.121. The Hall–Kier alpha value is -0.653. The van der Waals surface area contributed by atoms with Crippen molar-refractivity contribution in [3.8, 4) is 11.5 Å². The van der Waals surface area contributed by atoms with Crippen LogP contribution in [0, 0.1) is 0 Å². The summed E-state index contributed by atoms with van der Waals surface area (Å²) in [6.45, 7) is 7.16. The third-order valence-electron chi connectivity index (χ3n) is 3.48. The molecule has 7 heteroatoms. The minimum Gasteiger partial charge on any atom is -0.508 e. The van der Waals surface area contributed by atoms with Crippen LogP contribution in [0.25, 0.3) is 0 Å². The van der Waals surface area contributed by atoms with Gasteiger partial charge in [0, 0.05) is 40.7 Å². The molecule has 0 fully saturated rings. The number of phenolic OH excluding ortho intramolecular Hbond substituents is 1. The third-order valence-corrected chi connectivity index (χ3v) is 8.11. The van der Waals surface area contributed by atoms with Gasteiger partial charge in [0.05, 0.1) is 26.6 Å². The first-order chi connectivity index (χ1) is 10.3. The Labute approximate surface area is 135 Å². The maximum atomic E-state index is 9.69. The molecule has 0 unspecified atom stereocenters. The Morgan fingerprint density at radius 1 is 1.05 bits per heavy atom. The van der Waals surface area contributed by atoms with Crippen molar-refractivity contribution in [3.63, 3.8) is 0 Å². The van der Waals surface area contributed by atoms with Crippen molar-refractivity contribution in [1.29, 1.82) is 0 Å². The lowest BCUT2D eigenvalue weighted by Gasteiger charge is -2.24. The lowest BCUT2D eigenvalue weighted by atomic mass is 10.3. The molecule has 0 heterocycles. The normalized spacial score (nSPS) is 12.5. The van der Waals surface area contributed by atoms with Gasteiger partial charge in [-0.25, -0.2) is 0 Å². The Kier molecular flexibility index (Phi) is 7.29. The Morgan fingerprint density at radius 2 is 1.64 bits per heavy atom. The van der Waals surface area contributed by atoms with E-state index < -0.39 is 16.1 Å². The molecule has 1 aromatic carbocycles. The summed E-state index contributed by atoms with van der Waals surface area (Å²) in [6, 6.07) is 6.01. The van der Waals surface area contributed by atoms with E-state index in [0.717, 1.165) is 17.5 Å². The zero-order valence-corrected chi connectivity index (χ0v) is 16.3. The van der Waals surface area contributed by atoms with E-state index >= 15 is 0 Å². The van der Waals surface area contributed by atoms with E-state index in [9.17, 15) is 5.11 Å². The average Bonchev–Trinajstić information content (AvgIpc) is 2.48. The summed E-state index contributed by atoms with van der Waals surface area (Å²) in [5, 5.41) is 10.8. The number of hydrogen-bond donors (Lipinski definition) is 1. The molecule has 0 spiro atoms. The molecule has 0 bridgehead atoms. The largest absolute Gasteiger partial charge is 0.508 e. The molecule has 126 valence electrons. The summed E-state index contributed by atoms with van der Waals surface area (Å²) >= 11 is 0. The fourth-order valence-corrected chi connectivity index (χ4v) is 5.19. The average molecular weight is 347 g/mol. The highest BCUT2D eigenvalue weighted by Gasteiger charge is 2.37. The van der Waals surface area contributed by atoms with E-state index in [1.807, 2.05) is 12.1 Å². The molecule has 0 saturated heterocycles. The maximum absolute atomic E-state index is 9.69. The third kappa shape index (κ3) is 5.21. The summed E-state index contributed by atoms with van der Waals surface area (Å²) < 4.78 is 22.1. The van der Waals surface area contributed by atoms with Crippen LogP contribution >= 0.6 is 7.26 Å². The van der Waals surface area contributed by atoms with E-state index in [2.05, 4.69) is 20.0 Å². The van der Waals surface area contributed by atoms with E-state index in [1.54, 1.807) is 27.4 Å². The number of aromatic hydroxyl groups is 1. The molecule has 0 aliphatic carbocycles. The van der Waals surface area contributed by atoms with Crippen LogP contribution in [0.5, 0.6) is 11.5 Å². The van der Waals surface area contributed by atoms with Gasteiger partial charge < -0.3 is 23.1 Å². The second-order valence-electron chi connectivity index (χ2n) is 5.91. The van der Waals surface area contributed by atoms with Crippen LogP contribution in [-0.4, -0.2) is 61.8 Å². The topological polar surface area (TPSA) is 57.2 Å². The summed E-state index contributed by atoms with van der Waals surface area (Å²) in [5.74, 6) is 1.12. The lowest BCUT2D eigenvalue weighted by Crippen LogP contribution is -2.42. The molecule has 0 aliphatic rings. The Morgan fingerprint density at radius 3 is 2.14 bits per heavy atom. The molecular formula is C15H28O5PSi+. The van der Waals surface area contributed by atoms with Crippen LogP contribution in [0.15, 0.2) is 18.2 Å². The second kappa shape index (κ2) is 8.27. The highest BCUT2D eigenvalue weighted by Crippen LogP contribution is 2.48. The summed E-state index contributed by atoms with van der Waals surface area (Å²) in [6.07, 6.45) is 0.782. The highest BCUT2D eigenvalue weighted by atomic mass is 31.2. The van der Waals surface area contributed by atoms with Gasteiger partial charge in [0.25, 0.3) is 0 Å².